The number of aromatic amines is 1. The molecule has 0 radical (unpaired) electrons. The highest BCUT2D eigenvalue weighted by Crippen LogP contribution is 2.10. The number of benzene rings is 1. The van der Waals surface area contributed by atoms with Crippen LogP contribution in [0.1, 0.15) is 23.9 Å². The van der Waals surface area contributed by atoms with Crippen LogP contribution in [0.15, 0.2) is 35.5 Å². The summed E-state index contributed by atoms with van der Waals surface area (Å²) in [7, 11) is -3.58. The van der Waals surface area contributed by atoms with E-state index in [9.17, 15) is 8.42 Å². The standard InChI is InChI=1S/C13H18N4O2S/c1-2-12-15-9-13(17-12)20(18,19)16-8-11-6-4-3-5-10(11)7-14/h3-6,9,16H,2,7-8,14H2,1H3,(H,15,17). The maximum Gasteiger partial charge on any atom is 0.257 e. The number of hydrogen-bond donors (Lipinski definition) is 3. The Morgan fingerprint density at radius 1 is 1.30 bits per heavy atom. The van der Waals surface area contributed by atoms with Crippen LogP contribution in [0.3, 0.4) is 0 Å². The van der Waals surface area contributed by atoms with Gasteiger partial charge in [0, 0.05) is 19.5 Å². The Morgan fingerprint density at radius 3 is 2.60 bits per heavy atom. The van der Waals surface area contributed by atoms with Gasteiger partial charge in [0.15, 0.2) is 5.03 Å². The smallest absolute Gasteiger partial charge is 0.257 e. The molecule has 0 saturated heterocycles. The van der Waals surface area contributed by atoms with E-state index in [4.69, 9.17) is 5.73 Å². The molecule has 1 aromatic heterocycles. The molecule has 0 unspecified atom stereocenters. The van der Waals surface area contributed by atoms with Gasteiger partial charge in [-0.1, -0.05) is 31.2 Å². The molecule has 0 saturated carbocycles. The Bertz CT molecular complexity index is 679. The van der Waals surface area contributed by atoms with Crippen molar-refractivity contribution < 1.29 is 8.42 Å². The van der Waals surface area contributed by atoms with Crippen LogP contribution in [-0.4, -0.2) is 18.4 Å². The van der Waals surface area contributed by atoms with E-state index in [1.807, 2.05) is 31.2 Å². The molecular weight excluding hydrogens is 276 g/mol. The van der Waals surface area contributed by atoms with E-state index in [2.05, 4.69) is 14.7 Å². The quantitative estimate of drug-likeness (QED) is 0.737. The van der Waals surface area contributed by atoms with Gasteiger partial charge < -0.3 is 10.7 Å². The van der Waals surface area contributed by atoms with Gasteiger partial charge in [0.25, 0.3) is 10.0 Å². The zero-order valence-corrected chi connectivity index (χ0v) is 12.1. The van der Waals surface area contributed by atoms with Crippen LogP contribution >= 0.6 is 0 Å². The summed E-state index contributed by atoms with van der Waals surface area (Å²) in [5, 5.41) is 0.0829. The van der Waals surface area contributed by atoms with Crippen molar-refractivity contribution in [3.8, 4) is 0 Å². The number of aromatic nitrogens is 2. The molecule has 0 atom stereocenters. The molecule has 1 aromatic carbocycles. The molecule has 0 aliphatic heterocycles. The molecule has 20 heavy (non-hydrogen) atoms. The number of hydrogen-bond acceptors (Lipinski definition) is 4. The van der Waals surface area contributed by atoms with Crippen LogP contribution in [0.4, 0.5) is 0 Å². The molecule has 0 bridgehead atoms. The van der Waals surface area contributed by atoms with Gasteiger partial charge in [-0.2, -0.15) is 0 Å². The molecule has 108 valence electrons. The second-order valence-corrected chi connectivity index (χ2v) is 6.08. The summed E-state index contributed by atoms with van der Waals surface area (Å²) in [6.07, 6.45) is 1.99. The van der Waals surface area contributed by atoms with Crippen molar-refractivity contribution in [2.45, 2.75) is 31.5 Å². The highest BCUT2D eigenvalue weighted by molar-refractivity contribution is 7.89. The first-order chi connectivity index (χ1) is 9.56. The van der Waals surface area contributed by atoms with Crippen LogP contribution < -0.4 is 10.5 Å². The summed E-state index contributed by atoms with van der Waals surface area (Å²) in [6.45, 7) is 2.48. The minimum atomic E-state index is -3.58. The maximum atomic E-state index is 12.1. The Hall–Kier alpha value is -1.70. The minimum Gasteiger partial charge on any atom is -0.332 e. The Morgan fingerprint density at radius 2 is 2.00 bits per heavy atom. The third-order valence-electron chi connectivity index (χ3n) is 3.02. The number of nitrogens with one attached hydrogen (secondary N) is 2. The normalized spacial score (nSPS) is 11.7. The van der Waals surface area contributed by atoms with Crippen molar-refractivity contribution in [2.75, 3.05) is 0 Å². The number of nitrogens with zero attached hydrogens (tertiary/aromatic N) is 1. The molecular formula is C13H18N4O2S. The molecule has 0 fully saturated rings. The van der Waals surface area contributed by atoms with Gasteiger partial charge in [-0.25, -0.2) is 18.1 Å². The van der Waals surface area contributed by atoms with Crippen molar-refractivity contribution in [1.29, 1.82) is 0 Å². The molecule has 2 aromatic rings. The molecule has 0 aliphatic carbocycles. The van der Waals surface area contributed by atoms with E-state index in [1.165, 1.54) is 6.20 Å². The predicted molar refractivity (Wildman–Crippen MR) is 76.3 cm³/mol. The van der Waals surface area contributed by atoms with E-state index in [0.717, 1.165) is 11.1 Å². The number of H-pyrrole nitrogens is 1. The molecule has 0 spiro atoms. The fourth-order valence-electron chi connectivity index (χ4n) is 1.84. The van der Waals surface area contributed by atoms with Gasteiger partial charge >= 0.3 is 0 Å². The van der Waals surface area contributed by atoms with Gasteiger partial charge in [0.1, 0.15) is 5.82 Å². The van der Waals surface area contributed by atoms with Crippen molar-refractivity contribution in [1.82, 2.24) is 14.7 Å². The van der Waals surface area contributed by atoms with Crippen molar-refractivity contribution in [3.63, 3.8) is 0 Å². The Labute approximate surface area is 118 Å². The fraction of sp³-hybridized carbons (Fsp3) is 0.308. The molecule has 2 rings (SSSR count). The van der Waals surface area contributed by atoms with Crippen LogP contribution in [0.2, 0.25) is 0 Å². The number of imidazole rings is 1. The molecule has 0 aliphatic rings. The summed E-state index contributed by atoms with van der Waals surface area (Å²) < 4.78 is 26.8. The van der Waals surface area contributed by atoms with Crippen LogP contribution in [0.5, 0.6) is 0 Å². The van der Waals surface area contributed by atoms with Gasteiger partial charge in [0.2, 0.25) is 0 Å². The van der Waals surface area contributed by atoms with E-state index in [1.54, 1.807) is 0 Å². The SMILES string of the molecule is CCc1ncc(S(=O)(=O)NCc2ccccc2CN)[nH]1. The minimum absolute atomic E-state index is 0.0829. The summed E-state index contributed by atoms with van der Waals surface area (Å²) >= 11 is 0. The van der Waals surface area contributed by atoms with E-state index < -0.39 is 10.0 Å². The predicted octanol–water partition coefficient (Wildman–Crippen LogP) is 0.909. The van der Waals surface area contributed by atoms with Crippen molar-refractivity contribution in [2.24, 2.45) is 5.73 Å². The number of aryl methyl sites for hydroxylation is 1. The molecule has 4 N–H and O–H groups in total. The highest BCUT2D eigenvalue weighted by atomic mass is 32.2. The van der Waals surface area contributed by atoms with Crippen molar-refractivity contribution in [3.05, 3.63) is 47.4 Å². The van der Waals surface area contributed by atoms with E-state index >= 15 is 0 Å². The molecule has 7 heteroatoms. The highest BCUT2D eigenvalue weighted by Gasteiger charge is 2.17. The van der Waals surface area contributed by atoms with E-state index in [0.29, 0.717) is 18.8 Å². The zero-order valence-electron chi connectivity index (χ0n) is 11.3. The van der Waals surface area contributed by atoms with Gasteiger partial charge in [0.05, 0.1) is 6.20 Å². The lowest BCUT2D eigenvalue weighted by Gasteiger charge is -2.08. The first-order valence-corrected chi connectivity index (χ1v) is 7.85. The lowest BCUT2D eigenvalue weighted by molar-refractivity contribution is 0.577. The van der Waals surface area contributed by atoms with E-state index in [-0.39, 0.29) is 11.6 Å². The lowest BCUT2D eigenvalue weighted by Crippen LogP contribution is -2.24. The second-order valence-electron chi connectivity index (χ2n) is 4.35. The topological polar surface area (TPSA) is 101 Å². The first kappa shape index (κ1) is 14.7. The second kappa shape index (κ2) is 6.17. The average molecular weight is 294 g/mol. The lowest BCUT2D eigenvalue weighted by atomic mass is 10.1. The third kappa shape index (κ3) is 3.24. The van der Waals surface area contributed by atoms with Gasteiger partial charge in [-0.3, -0.25) is 0 Å². The van der Waals surface area contributed by atoms with Gasteiger partial charge in [-0.15, -0.1) is 0 Å². The summed E-state index contributed by atoms with van der Waals surface area (Å²) in [5.41, 5.74) is 7.42. The average Bonchev–Trinajstić information content (AvgIpc) is 2.95. The Kier molecular flexibility index (Phi) is 4.53. The summed E-state index contributed by atoms with van der Waals surface area (Å²) in [5.74, 6) is 0.646. The largest absolute Gasteiger partial charge is 0.332 e. The molecule has 0 amide bonds. The molecule has 6 nitrogen and oxygen atoms in total. The fourth-order valence-corrected chi connectivity index (χ4v) is 2.78. The maximum absolute atomic E-state index is 12.1. The van der Waals surface area contributed by atoms with Crippen molar-refractivity contribution >= 4 is 10.0 Å². The summed E-state index contributed by atoms with van der Waals surface area (Å²) in [4.78, 5) is 6.78. The first-order valence-electron chi connectivity index (χ1n) is 6.37. The monoisotopic (exact) mass is 294 g/mol. The number of rotatable bonds is 6. The molecule has 1 heterocycles. The van der Waals surface area contributed by atoms with Gasteiger partial charge in [-0.05, 0) is 11.1 Å². The summed E-state index contributed by atoms with van der Waals surface area (Å²) in [6, 6.07) is 7.47. The third-order valence-corrected chi connectivity index (χ3v) is 4.33. The van der Waals surface area contributed by atoms with Crippen LogP contribution in [-0.2, 0) is 29.5 Å². The Balaban J connectivity index is 2.13. The number of nitrogens with two attached hydrogens (primary N) is 1. The van der Waals surface area contributed by atoms with Crippen LogP contribution in [0.25, 0.3) is 0 Å². The zero-order chi connectivity index (χ0) is 14.6. The van der Waals surface area contributed by atoms with Crippen LogP contribution in [0, 0.1) is 0 Å². The number of sulfonamides is 1.